The molecule has 1 N–H and O–H groups in total. The molecule has 1 aliphatic carbocycles. The van der Waals surface area contributed by atoms with Crippen molar-refractivity contribution in [3.05, 3.63) is 35.4 Å². The molecule has 1 saturated heterocycles. The van der Waals surface area contributed by atoms with Crippen LogP contribution in [-0.2, 0) is 6.54 Å². The third-order valence-corrected chi connectivity index (χ3v) is 4.96. The lowest BCUT2D eigenvalue weighted by atomic mass is 10.0. The van der Waals surface area contributed by atoms with Gasteiger partial charge in [-0.05, 0) is 42.7 Å². The van der Waals surface area contributed by atoms with E-state index in [9.17, 15) is 0 Å². The summed E-state index contributed by atoms with van der Waals surface area (Å²) in [4.78, 5) is 2.69. The number of nitrogens with zero attached hydrogens (tertiary/aromatic N) is 1. The molecule has 1 aromatic carbocycles. The molecular formula is C18H28N2. The molecule has 1 aromatic rings. The Bertz CT molecular complexity index is 439. The number of nitrogens with one attached hydrogen (secondary N) is 1. The summed E-state index contributed by atoms with van der Waals surface area (Å²) in [5.41, 5.74) is 3.07. The summed E-state index contributed by atoms with van der Waals surface area (Å²) in [5, 5.41) is 3.68. The lowest BCUT2D eigenvalue weighted by Gasteiger charge is -2.40. The predicted molar refractivity (Wildman–Crippen MR) is 85.0 cm³/mol. The summed E-state index contributed by atoms with van der Waals surface area (Å²) in [6, 6.07) is 10.7. The SMILES string of the molecule is CCC1CN(Cc2cccc(C3CC3)c2)C(CC)CN1. The summed E-state index contributed by atoms with van der Waals surface area (Å²) < 4.78 is 0. The maximum atomic E-state index is 3.68. The van der Waals surface area contributed by atoms with E-state index in [1.807, 2.05) is 0 Å². The zero-order valence-corrected chi connectivity index (χ0v) is 12.9. The van der Waals surface area contributed by atoms with E-state index in [2.05, 4.69) is 48.3 Å². The van der Waals surface area contributed by atoms with Crippen LogP contribution in [0.5, 0.6) is 0 Å². The molecule has 1 aliphatic heterocycles. The largest absolute Gasteiger partial charge is 0.311 e. The van der Waals surface area contributed by atoms with Crippen molar-refractivity contribution in [1.29, 1.82) is 0 Å². The highest BCUT2D eigenvalue weighted by Gasteiger charge is 2.27. The van der Waals surface area contributed by atoms with Crippen molar-refractivity contribution >= 4 is 0 Å². The first-order chi connectivity index (χ1) is 9.80. The van der Waals surface area contributed by atoms with Gasteiger partial charge in [0.25, 0.3) is 0 Å². The Morgan fingerprint density at radius 1 is 1.20 bits per heavy atom. The van der Waals surface area contributed by atoms with Crippen molar-refractivity contribution in [1.82, 2.24) is 10.2 Å². The quantitative estimate of drug-likeness (QED) is 0.882. The van der Waals surface area contributed by atoms with Crippen LogP contribution in [0.4, 0.5) is 0 Å². The standard InChI is InChI=1S/C18H28N2/c1-3-17-13-20(18(4-2)11-19-17)12-14-6-5-7-16(10-14)15-8-9-15/h5-7,10,15,17-19H,3-4,8-9,11-13H2,1-2H3. The van der Waals surface area contributed by atoms with Gasteiger partial charge in [-0.2, -0.15) is 0 Å². The van der Waals surface area contributed by atoms with Gasteiger partial charge >= 0.3 is 0 Å². The van der Waals surface area contributed by atoms with E-state index in [4.69, 9.17) is 0 Å². The Morgan fingerprint density at radius 2 is 2.05 bits per heavy atom. The Hall–Kier alpha value is -0.860. The molecule has 0 radical (unpaired) electrons. The molecule has 0 aromatic heterocycles. The second-order valence-corrected chi connectivity index (χ2v) is 6.52. The van der Waals surface area contributed by atoms with Gasteiger partial charge in [0.1, 0.15) is 0 Å². The lowest BCUT2D eigenvalue weighted by molar-refractivity contribution is 0.117. The van der Waals surface area contributed by atoms with Crippen LogP contribution < -0.4 is 5.32 Å². The number of piperazine rings is 1. The van der Waals surface area contributed by atoms with Gasteiger partial charge in [0, 0.05) is 31.7 Å². The molecule has 110 valence electrons. The average molecular weight is 272 g/mol. The van der Waals surface area contributed by atoms with Gasteiger partial charge in [-0.15, -0.1) is 0 Å². The first-order valence-corrected chi connectivity index (χ1v) is 8.36. The van der Waals surface area contributed by atoms with E-state index >= 15 is 0 Å². The molecule has 20 heavy (non-hydrogen) atoms. The van der Waals surface area contributed by atoms with Crippen LogP contribution in [0.25, 0.3) is 0 Å². The molecule has 0 spiro atoms. The highest BCUT2D eigenvalue weighted by molar-refractivity contribution is 5.29. The maximum absolute atomic E-state index is 3.68. The number of benzene rings is 1. The monoisotopic (exact) mass is 272 g/mol. The van der Waals surface area contributed by atoms with Crippen LogP contribution in [-0.4, -0.2) is 30.1 Å². The van der Waals surface area contributed by atoms with Gasteiger partial charge in [-0.3, -0.25) is 4.90 Å². The molecule has 2 aliphatic rings. The molecule has 0 amide bonds. The molecule has 2 nitrogen and oxygen atoms in total. The van der Waals surface area contributed by atoms with Gasteiger partial charge < -0.3 is 5.32 Å². The van der Waals surface area contributed by atoms with E-state index in [1.54, 1.807) is 5.56 Å². The second kappa shape index (κ2) is 6.28. The molecule has 3 rings (SSSR count). The topological polar surface area (TPSA) is 15.3 Å². The minimum absolute atomic E-state index is 0.671. The van der Waals surface area contributed by atoms with Crippen molar-refractivity contribution in [3.8, 4) is 0 Å². The van der Waals surface area contributed by atoms with Gasteiger partial charge in [0.15, 0.2) is 0 Å². The molecule has 0 bridgehead atoms. The fourth-order valence-electron chi connectivity index (χ4n) is 3.39. The van der Waals surface area contributed by atoms with E-state index in [1.165, 1.54) is 37.8 Å². The Balaban J connectivity index is 1.69. The fourth-order valence-corrected chi connectivity index (χ4v) is 3.39. The van der Waals surface area contributed by atoms with Crippen LogP contribution in [0.3, 0.4) is 0 Å². The van der Waals surface area contributed by atoms with E-state index in [0.29, 0.717) is 12.1 Å². The van der Waals surface area contributed by atoms with Crippen molar-refractivity contribution in [3.63, 3.8) is 0 Å². The summed E-state index contributed by atoms with van der Waals surface area (Å²) >= 11 is 0. The molecule has 1 heterocycles. The molecule has 2 unspecified atom stereocenters. The van der Waals surface area contributed by atoms with Crippen LogP contribution in [0.15, 0.2) is 24.3 Å². The van der Waals surface area contributed by atoms with Gasteiger partial charge in [-0.25, -0.2) is 0 Å². The first-order valence-electron chi connectivity index (χ1n) is 8.36. The Kier molecular flexibility index (Phi) is 4.42. The smallest absolute Gasteiger partial charge is 0.0237 e. The minimum Gasteiger partial charge on any atom is -0.311 e. The summed E-state index contributed by atoms with van der Waals surface area (Å²) in [7, 11) is 0. The van der Waals surface area contributed by atoms with Crippen LogP contribution in [0.2, 0.25) is 0 Å². The van der Waals surface area contributed by atoms with Gasteiger partial charge in [0.05, 0.1) is 0 Å². The lowest BCUT2D eigenvalue weighted by Crippen LogP contribution is -2.55. The molecule has 1 saturated carbocycles. The van der Waals surface area contributed by atoms with Gasteiger partial charge in [0.2, 0.25) is 0 Å². The number of hydrogen-bond donors (Lipinski definition) is 1. The van der Waals surface area contributed by atoms with Crippen molar-refractivity contribution < 1.29 is 0 Å². The number of rotatable bonds is 5. The van der Waals surface area contributed by atoms with Crippen LogP contribution in [0.1, 0.15) is 56.6 Å². The zero-order valence-electron chi connectivity index (χ0n) is 12.9. The maximum Gasteiger partial charge on any atom is 0.0237 e. The normalized spacial score (nSPS) is 27.7. The van der Waals surface area contributed by atoms with E-state index in [-0.39, 0.29) is 0 Å². The summed E-state index contributed by atoms with van der Waals surface area (Å²) in [5.74, 6) is 0.864. The van der Waals surface area contributed by atoms with E-state index < -0.39 is 0 Å². The molecule has 2 fully saturated rings. The van der Waals surface area contributed by atoms with E-state index in [0.717, 1.165) is 19.0 Å². The van der Waals surface area contributed by atoms with Crippen molar-refractivity contribution in [2.45, 2.75) is 64.1 Å². The van der Waals surface area contributed by atoms with Gasteiger partial charge in [-0.1, -0.05) is 38.1 Å². The Morgan fingerprint density at radius 3 is 2.75 bits per heavy atom. The third-order valence-electron chi connectivity index (χ3n) is 4.96. The third kappa shape index (κ3) is 3.24. The van der Waals surface area contributed by atoms with Crippen molar-refractivity contribution in [2.75, 3.05) is 13.1 Å². The average Bonchev–Trinajstić information content (AvgIpc) is 3.32. The van der Waals surface area contributed by atoms with Crippen LogP contribution in [0, 0.1) is 0 Å². The first kappa shape index (κ1) is 14.1. The van der Waals surface area contributed by atoms with Crippen LogP contribution >= 0.6 is 0 Å². The molecule has 2 heteroatoms. The predicted octanol–water partition coefficient (Wildman–Crippen LogP) is 3.53. The second-order valence-electron chi connectivity index (χ2n) is 6.52. The van der Waals surface area contributed by atoms with Crippen molar-refractivity contribution in [2.24, 2.45) is 0 Å². The summed E-state index contributed by atoms with van der Waals surface area (Å²) in [6.45, 7) is 8.07. The molecule has 2 atom stereocenters. The minimum atomic E-state index is 0.671. The highest BCUT2D eigenvalue weighted by atomic mass is 15.2. The summed E-state index contributed by atoms with van der Waals surface area (Å²) in [6.07, 6.45) is 5.26. The number of hydrogen-bond acceptors (Lipinski definition) is 2. The fraction of sp³-hybridized carbons (Fsp3) is 0.667. The zero-order chi connectivity index (χ0) is 13.9. The molecular weight excluding hydrogens is 244 g/mol. The Labute approximate surface area is 123 Å². The highest BCUT2D eigenvalue weighted by Crippen LogP contribution is 2.40.